The quantitative estimate of drug-likeness (QED) is 0.130. The molecule has 14 aromatic carbocycles. The summed E-state index contributed by atoms with van der Waals surface area (Å²) in [4.78, 5) is 42.0. The van der Waals surface area contributed by atoms with Gasteiger partial charge in [0.15, 0.2) is 34.9 Å². The lowest BCUT2D eigenvalue weighted by atomic mass is 9.93. The van der Waals surface area contributed by atoms with E-state index in [1.54, 1.807) is 22.7 Å². The van der Waals surface area contributed by atoms with Crippen LogP contribution in [-0.4, -0.2) is 39.9 Å². The van der Waals surface area contributed by atoms with Crippen LogP contribution in [-0.2, 0) is 0 Å². The van der Waals surface area contributed by atoms with Crippen molar-refractivity contribution in [1.29, 1.82) is 0 Å². The summed E-state index contributed by atoms with van der Waals surface area (Å²) in [5.41, 5.74) is 18.6. The Bertz CT molecular complexity index is 7390. The van der Waals surface area contributed by atoms with Crippen molar-refractivity contribution in [3.05, 3.63) is 315 Å². The van der Waals surface area contributed by atoms with Gasteiger partial charge < -0.3 is 8.83 Å². The number of nitrogens with zero attached hydrogens (tertiary/aromatic N) is 8. The van der Waals surface area contributed by atoms with E-state index in [1.165, 1.54) is 30.9 Å². The Balaban J connectivity index is 0.613. The number of benzene rings is 14. The lowest BCUT2D eigenvalue weighted by Gasteiger charge is -2.14. The van der Waals surface area contributed by atoms with Gasteiger partial charge in [-0.2, -0.15) is 0 Å². The third-order valence-corrected chi connectivity index (χ3v) is 23.0. The smallest absolute Gasteiger partial charge is 0.167 e. The first-order valence-electron chi connectivity index (χ1n) is 35.2. The van der Waals surface area contributed by atoms with E-state index in [9.17, 15) is 0 Å². The van der Waals surface area contributed by atoms with E-state index in [4.69, 9.17) is 48.7 Å². The summed E-state index contributed by atoms with van der Waals surface area (Å²) in [5, 5.41) is 13.4. The van der Waals surface area contributed by atoms with Crippen LogP contribution in [0.5, 0.6) is 0 Å². The lowest BCUT2D eigenvalue weighted by Crippen LogP contribution is -2.01. The van der Waals surface area contributed by atoms with Crippen molar-refractivity contribution in [2.45, 2.75) is 0 Å². The zero-order chi connectivity index (χ0) is 69.5. The molecule has 0 saturated heterocycles. The summed E-state index contributed by atoms with van der Waals surface area (Å²) in [6.45, 7) is 0. The molecule has 0 radical (unpaired) electrons. The molecule has 8 aromatic heterocycles. The maximum atomic E-state index is 6.54. The molecule has 0 amide bonds. The van der Waals surface area contributed by atoms with Gasteiger partial charge in [0, 0.05) is 102 Å². The Hall–Kier alpha value is -13.8. The molecule has 0 aliphatic heterocycles. The molecule has 0 unspecified atom stereocenters. The molecule has 0 spiro atoms. The first-order chi connectivity index (χ1) is 52.5. The van der Waals surface area contributed by atoms with E-state index in [0.29, 0.717) is 34.9 Å². The van der Waals surface area contributed by atoms with Gasteiger partial charge in [-0.3, -0.25) is 0 Å². The van der Waals surface area contributed by atoms with E-state index in [-0.39, 0.29) is 0 Å². The molecule has 0 atom stereocenters. The molecule has 12 heteroatoms. The summed E-state index contributed by atoms with van der Waals surface area (Å²) >= 11 is 3.59. The molecule has 8 heterocycles. The summed E-state index contributed by atoms with van der Waals surface area (Å²) in [6.07, 6.45) is 0. The number of para-hydroxylation sites is 4. The van der Waals surface area contributed by atoms with Crippen molar-refractivity contribution in [3.8, 4) is 113 Å². The van der Waals surface area contributed by atoms with Gasteiger partial charge in [-0.15, -0.1) is 22.7 Å². The van der Waals surface area contributed by atoms with Crippen LogP contribution in [0, 0.1) is 0 Å². The molecular formula is C94H52N8O2S2. The zero-order valence-electron chi connectivity index (χ0n) is 56.2. The second kappa shape index (κ2) is 23.9. The molecule has 0 fully saturated rings. The van der Waals surface area contributed by atoms with Crippen LogP contribution >= 0.6 is 22.7 Å². The number of thiophene rings is 2. The maximum Gasteiger partial charge on any atom is 0.167 e. The fourth-order valence-corrected chi connectivity index (χ4v) is 18.0. The molecular weight excluding hydrogens is 1340 g/mol. The highest BCUT2D eigenvalue weighted by Gasteiger charge is 2.24. The third kappa shape index (κ3) is 9.76. The van der Waals surface area contributed by atoms with Gasteiger partial charge >= 0.3 is 0 Å². The van der Waals surface area contributed by atoms with Crippen LogP contribution in [0.15, 0.2) is 324 Å². The van der Waals surface area contributed by atoms with Crippen LogP contribution in [0.1, 0.15) is 0 Å². The van der Waals surface area contributed by atoms with E-state index in [0.717, 1.165) is 164 Å². The number of aromatic nitrogens is 8. The Morgan fingerprint density at radius 1 is 0.208 bits per heavy atom. The van der Waals surface area contributed by atoms with Gasteiger partial charge in [0.1, 0.15) is 22.3 Å². The average Bonchev–Trinajstić information content (AvgIpc) is 1.54. The van der Waals surface area contributed by atoms with Crippen LogP contribution < -0.4 is 0 Å². The predicted molar refractivity (Wildman–Crippen MR) is 436 cm³/mol. The standard InChI is InChI=1S/C94H52N8O2S2/c1-3-18-56(19-4-1)89-97-91(99-92(98-89)61-44-45-67-65-24-10-14-31-77(65)103-79(67)51-61)58-40-38-55(39-41-58)85-87-83(72-27-12-16-33-80(72)105-87)71-46-42-59(50-76(71)96-85)60-43-47-73-81(52-60)106-88-82(73)70-26-9-13-30-75(70)95-84(88)54-36-34-53(35-37-54)62-48-49-69(64-23-8-7-22-63(62)64)93-100-90(57-20-5-2-6-21-57)101-94(102-93)74-29-17-28-68-66-25-11-15-32-78(66)104-86(68)74/h1-52H. The maximum absolute atomic E-state index is 6.54. The molecule has 0 aliphatic carbocycles. The number of furan rings is 2. The van der Waals surface area contributed by atoms with Gasteiger partial charge in [0.05, 0.1) is 37.4 Å². The minimum absolute atomic E-state index is 0.543. The van der Waals surface area contributed by atoms with E-state index < -0.39 is 0 Å². The molecule has 22 rings (SSSR count). The van der Waals surface area contributed by atoms with Gasteiger partial charge in [-0.1, -0.05) is 255 Å². The van der Waals surface area contributed by atoms with Gasteiger partial charge in [-0.25, -0.2) is 39.9 Å². The monoisotopic (exact) mass is 1390 g/mol. The number of fused-ring (bicyclic) bond motifs is 17. The van der Waals surface area contributed by atoms with E-state index in [2.05, 4.69) is 200 Å². The first kappa shape index (κ1) is 59.9. The van der Waals surface area contributed by atoms with E-state index in [1.807, 2.05) is 115 Å². The van der Waals surface area contributed by atoms with Crippen molar-refractivity contribution in [2.75, 3.05) is 0 Å². The second-order valence-electron chi connectivity index (χ2n) is 26.8. The molecule has 106 heavy (non-hydrogen) atoms. The highest BCUT2D eigenvalue weighted by molar-refractivity contribution is 7.27. The van der Waals surface area contributed by atoms with Crippen molar-refractivity contribution in [3.63, 3.8) is 0 Å². The van der Waals surface area contributed by atoms with Crippen molar-refractivity contribution in [2.24, 2.45) is 0 Å². The Labute approximate surface area is 612 Å². The van der Waals surface area contributed by atoms with Gasteiger partial charge in [-0.05, 0) is 93.7 Å². The Morgan fingerprint density at radius 2 is 0.632 bits per heavy atom. The highest BCUT2D eigenvalue weighted by atomic mass is 32.1. The Morgan fingerprint density at radius 3 is 1.33 bits per heavy atom. The molecule has 22 aromatic rings. The summed E-state index contributed by atoms with van der Waals surface area (Å²) in [7, 11) is 0. The van der Waals surface area contributed by atoms with Crippen molar-refractivity contribution >= 4 is 139 Å². The molecule has 0 aliphatic rings. The highest BCUT2D eigenvalue weighted by Crippen LogP contribution is 2.48. The van der Waals surface area contributed by atoms with E-state index >= 15 is 0 Å². The summed E-state index contributed by atoms with van der Waals surface area (Å²) in [5.74, 6) is 3.43. The fourth-order valence-electron chi connectivity index (χ4n) is 15.5. The third-order valence-electron chi connectivity index (χ3n) is 20.6. The van der Waals surface area contributed by atoms with Crippen molar-refractivity contribution in [1.82, 2.24) is 39.9 Å². The Kier molecular flexibility index (Phi) is 13.5. The first-order valence-corrected chi connectivity index (χ1v) is 36.8. The van der Waals surface area contributed by atoms with Crippen LogP contribution in [0.4, 0.5) is 0 Å². The number of hydrogen-bond acceptors (Lipinski definition) is 12. The number of hydrogen-bond donors (Lipinski definition) is 0. The van der Waals surface area contributed by atoms with Crippen molar-refractivity contribution < 1.29 is 8.83 Å². The SMILES string of the molecule is c1ccc(-c2nc(-c3ccc(-c4nc5cc(-c6ccc7c(c6)sc6c(-c8ccc(-c9ccc(-c%10nc(-c%11ccccc%11)nc(-c%11cccc%12c%11oc%11ccccc%11%12)n%10)c%10ccccc9%10)cc8)nc8ccccc8c67)ccc5c5c4sc4ccccc45)cc3)nc(-c3ccc4c(c3)oc3ccccc34)n2)cc1. The second-order valence-corrected chi connectivity index (χ2v) is 28.9. The fraction of sp³-hybridized carbons (Fsp3) is 0. The zero-order valence-corrected chi connectivity index (χ0v) is 57.9. The molecule has 0 bridgehead atoms. The topological polar surface area (TPSA) is 129 Å². The summed E-state index contributed by atoms with van der Waals surface area (Å²) in [6, 6.07) is 110. The normalized spacial score (nSPS) is 12.0. The van der Waals surface area contributed by atoms with Crippen LogP contribution in [0.2, 0.25) is 0 Å². The van der Waals surface area contributed by atoms with Crippen LogP contribution in [0.3, 0.4) is 0 Å². The van der Waals surface area contributed by atoms with Gasteiger partial charge in [0.25, 0.3) is 0 Å². The molecule has 0 saturated carbocycles. The molecule has 492 valence electrons. The predicted octanol–water partition coefficient (Wildman–Crippen LogP) is 25.5. The van der Waals surface area contributed by atoms with Crippen LogP contribution in [0.25, 0.3) is 230 Å². The molecule has 10 nitrogen and oxygen atoms in total. The van der Waals surface area contributed by atoms with Gasteiger partial charge in [0.2, 0.25) is 0 Å². The average molecular weight is 1390 g/mol. The largest absolute Gasteiger partial charge is 0.456 e. The number of rotatable bonds is 10. The molecule has 0 N–H and O–H groups in total. The minimum atomic E-state index is 0.543. The summed E-state index contributed by atoms with van der Waals surface area (Å²) < 4.78 is 17.6. The number of pyridine rings is 2. The lowest BCUT2D eigenvalue weighted by molar-refractivity contribution is 0.669. The minimum Gasteiger partial charge on any atom is -0.456 e.